The van der Waals surface area contributed by atoms with Crippen LogP contribution in [0.25, 0.3) is 0 Å². The van der Waals surface area contributed by atoms with Crippen molar-refractivity contribution in [2.45, 2.75) is 11.8 Å². The topological polar surface area (TPSA) is 37.3 Å². The molecule has 0 radical (unpaired) electrons. The quantitative estimate of drug-likeness (QED) is 0.815. The van der Waals surface area contributed by atoms with Crippen LogP contribution in [0, 0.1) is 5.82 Å². The molecule has 0 fully saturated rings. The molecule has 1 aromatic carbocycles. The summed E-state index contributed by atoms with van der Waals surface area (Å²) >= 11 is 3.03. The smallest absolute Gasteiger partial charge is 0.169 e. The van der Waals surface area contributed by atoms with Gasteiger partial charge in [0.25, 0.3) is 0 Å². The largest absolute Gasteiger partial charge is 0.505 e. The number of phenolic OH excluding ortho intramolecular Hbond substituents is 1. The molecule has 0 heterocycles. The first-order valence-corrected chi connectivity index (χ1v) is 4.57. The third-order valence-electron chi connectivity index (χ3n) is 1.64. The summed E-state index contributed by atoms with van der Waals surface area (Å²) in [6.45, 7) is 1.35. The lowest BCUT2D eigenvalue weighted by atomic mass is 10.1. The molecule has 0 aliphatic rings. The lowest BCUT2D eigenvalue weighted by Crippen LogP contribution is -2.03. The molecule has 1 aromatic rings. The van der Waals surface area contributed by atoms with Crippen molar-refractivity contribution in [2.24, 2.45) is 0 Å². The van der Waals surface area contributed by atoms with Gasteiger partial charge < -0.3 is 5.11 Å². The van der Waals surface area contributed by atoms with E-state index in [-0.39, 0.29) is 11.3 Å². The zero-order chi connectivity index (χ0) is 10.0. The minimum atomic E-state index is -0.750. The van der Waals surface area contributed by atoms with Crippen molar-refractivity contribution in [2.75, 3.05) is 0 Å². The Bertz CT molecular complexity index is 338. The number of ketones is 1. The number of hydrogen-bond acceptors (Lipinski definition) is 2. The first kappa shape index (κ1) is 10.2. The van der Waals surface area contributed by atoms with Crippen LogP contribution in [-0.4, -0.2) is 10.9 Å². The molecule has 0 spiro atoms. The van der Waals surface area contributed by atoms with Crippen LogP contribution in [0.2, 0.25) is 0 Å². The average molecular weight is 247 g/mol. The Kier molecular flexibility index (Phi) is 3.03. The van der Waals surface area contributed by atoms with E-state index in [1.807, 2.05) is 0 Å². The lowest BCUT2D eigenvalue weighted by molar-refractivity contribution is -0.116. The second-order valence-corrected chi connectivity index (χ2v) is 3.57. The van der Waals surface area contributed by atoms with E-state index in [1.165, 1.54) is 25.1 Å². The Morgan fingerprint density at radius 2 is 2.23 bits per heavy atom. The summed E-state index contributed by atoms with van der Waals surface area (Å²) in [5.41, 5.74) is 0.160. The van der Waals surface area contributed by atoms with Crippen LogP contribution in [0.4, 0.5) is 4.39 Å². The van der Waals surface area contributed by atoms with E-state index in [0.29, 0.717) is 0 Å². The number of phenols is 1. The van der Waals surface area contributed by atoms with Crippen molar-refractivity contribution in [3.63, 3.8) is 0 Å². The van der Waals surface area contributed by atoms with Crippen LogP contribution in [0.3, 0.4) is 0 Å². The van der Waals surface area contributed by atoms with Crippen molar-refractivity contribution >= 4 is 21.7 Å². The third-order valence-corrected chi connectivity index (χ3v) is 2.78. The van der Waals surface area contributed by atoms with E-state index in [4.69, 9.17) is 5.11 Å². The van der Waals surface area contributed by atoms with Gasteiger partial charge in [-0.2, -0.15) is 0 Å². The van der Waals surface area contributed by atoms with E-state index in [2.05, 4.69) is 15.9 Å². The molecular formula is C9H8BrFO2. The lowest BCUT2D eigenvalue weighted by Gasteiger charge is -2.07. The van der Waals surface area contributed by atoms with E-state index in [1.54, 1.807) is 0 Å². The highest BCUT2D eigenvalue weighted by molar-refractivity contribution is 9.09. The maximum Gasteiger partial charge on any atom is 0.169 e. The van der Waals surface area contributed by atoms with Gasteiger partial charge in [0.1, 0.15) is 10.6 Å². The monoisotopic (exact) mass is 246 g/mol. The molecule has 0 saturated heterocycles. The Morgan fingerprint density at radius 3 is 2.77 bits per heavy atom. The molecule has 1 atom stereocenters. The van der Waals surface area contributed by atoms with E-state index in [9.17, 15) is 9.18 Å². The molecule has 0 aromatic heterocycles. The van der Waals surface area contributed by atoms with E-state index >= 15 is 0 Å². The molecule has 1 unspecified atom stereocenters. The minimum absolute atomic E-state index is 0.160. The van der Waals surface area contributed by atoms with Crippen molar-refractivity contribution in [3.05, 3.63) is 29.6 Å². The molecule has 13 heavy (non-hydrogen) atoms. The molecule has 1 rings (SSSR count). The molecule has 1 N–H and O–H groups in total. The highest BCUT2D eigenvalue weighted by Gasteiger charge is 2.18. The van der Waals surface area contributed by atoms with Crippen LogP contribution in [0.5, 0.6) is 5.75 Å². The Morgan fingerprint density at radius 1 is 1.62 bits per heavy atom. The standard InChI is InChI=1S/C9H8BrFO2/c1-5(12)8(10)6-3-2-4-7(13)9(6)11/h2-4,8,13H,1H3. The number of benzene rings is 1. The van der Waals surface area contributed by atoms with Crippen molar-refractivity contribution in [1.82, 2.24) is 0 Å². The molecule has 2 nitrogen and oxygen atoms in total. The molecule has 0 amide bonds. The summed E-state index contributed by atoms with van der Waals surface area (Å²) in [7, 11) is 0. The predicted molar refractivity (Wildman–Crippen MR) is 50.4 cm³/mol. The highest BCUT2D eigenvalue weighted by atomic mass is 79.9. The molecule has 4 heteroatoms. The van der Waals surface area contributed by atoms with Gasteiger partial charge in [-0.15, -0.1) is 0 Å². The van der Waals surface area contributed by atoms with Gasteiger partial charge >= 0.3 is 0 Å². The van der Waals surface area contributed by atoms with Gasteiger partial charge in [-0.05, 0) is 13.0 Å². The summed E-state index contributed by atoms with van der Waals surface area (Å²) in [5, 5.41) is 9.02. The Hall–Kier alpha value is -0.900. The fraction of sp³-hybridized carbons (Fsp3) is 0.222. The molecular weight excluding hydrogens is 239 g/mol. The van der Waals surface area contributed by atoms with Gasteiger partial charge in [-0.25, -0.2) is 4.39 Å². The average Bonchev–Trinajstić information content (AvgIpc) is 2.08. The van der Waals surface area contributed by atoms with Crippen LogP contribution in [-0.2, 0) is 4.79 Å². The first-order valence-electron chi connectivity index (χ1n) is 3.66. The molecule has 0 bridgehead atoms. The summed E-state index contributed by atoms with van der Waals surface area (Å²) < 4.78 is 13.2. The minimum Gasteiger partial charge on any atom is -0.505 e. The van der Waals surface area contributed by atoms with Crippen molar-refractivity contribution in [3.8, 4) is 5.75 Å². The zero-order valence-electron chi connectivity index (χ0n) is 6.92. The normalized spacial score (nSPS) is 12.5. The maximum atomic E-state index is 13.2. The van der Waals surface area contributed by atoms with Gasteiger partial charge in [0.2, 0.25) is 0 Å². The van der Waals surface area contributed by atoms with Gasteiger partial charge in [0.05, 0.1) is 0 Å². The first-order chi connectivity index (χ1) is 6.04. The van der Waals surface area contributed by atoms with Crippen molar-refractivity contribution in [1.29, 1.82) is 0 Å². The van der Waals surface area contributed by atoms with Crippen LogP contribution >= 0.6 is 15.9 Å². The predicted octanol–water partition coefficient (Wildman–Crippen LogP) is 2.56. The second-order valence-electron chi connectivity index (χ2n) is 2.65. The number of hydrogen-bond donors (Lipinski definition) is 1. The van der Waals surface area contributed by atoms with E-state index in [0.717, 1.165) is 0 Å². The van der Waals surface area contributed by atoms with Gasteiger partial charge in [-0.1, -0.05) is 28.1 Å². The summed E-state index contributed by atoms with van der Waals surface area (Å²) in [4.78, 5) is 10.2. The number of alkyl halides is 1. The number of Topliss-reactive ketones (excluding diaryl/α,β-unsaturated/α-hetero) is 1. The molecule has 70 valence electrons. The van der Waals surface area contributed by atoms with E-state index < -0.39 is 16.4 Å². The van der Waals surface area contributed by atoms with Crippen LogP contribution in [0.1, 0.15) is 17.3 Å². The fourth-order valence-electron chi connectivity index (χ4n) is 0.952. The van der Waals surface area contributed by atoms with Crippen LogP contribution < -0.4 is 0 Å². The van der Waals surface area contributed by atoms with Gasteiger partial charge in [-0.3, -0.25) is 4.79 Å². The van der Waals surface area contributed by atoms with Crippen molar-refractivity contribution < 1.29 is 14.3 Å². The number of carbonyl (C=O) groups excluding carboxylic acids is 1. The molecule has 0 aliphatic heterocycles. The third kappa shape index (κ3) is 2.06. The second kappa shape index (κ2) is 3.87. The number of halogens is 2. The van der Waals surface area contributed by atoms with Gasteiger partial charge in [0, 0.05) is 5.56 Å². The summed E-state index contributed by atoms with van der Waals surface area (Å²) in [6, 6.07) is 4.18. The maximum absolute atomic E-state index is 13.2. The fourth-order valence-corrected chi connectivity index (χ4v) is 1.31. The number of carbonyl (C=O) groups is 1. The summed E-state index contributed by atoms with van der Waals surface area (Å²) in [5.74, 6) is -1.40. The number of rotatable bonds is 2. The zero-order valence-corrected chi connectivity index (χ0v) is 8.51. The molecule has 0 saturated carbocycles. The van der Waals surface area contributed by atoms with Crippen LogP contribution in [0.15, 0.2) is 18.2 Å². The molecule has 0 aliphatic carbocycles. The highest BCUT2D eigenvalue weighted by Crippen LogP contribution is 2.29. The Labute approximate surface area is 83.5 Å². The summed E-state index contributed by atoms with van der Waals surface area (Å²) in [6.07, 6.45) is 0. The SMILES string of the molecule is CC(=O)C(Br)c1cccc(O)c1F. The number of aromatic hydroxyl groups is 1. The van der Waals surface area contributed by atoms with Gasteiger partial charge in [0.15, 0.2) is 11.6 Å². The Balaban J connectivity index is 3.15.